The zero-order valence-corrected chi connectivity index (χ0v) is 47.1. The number of benzene rings is 14. The van der Waals surface area contributed by atoms with E-state index in [1.165, 1.54) is 43.1 Å². The number of furan rings is 2. The topological polar surface area (TPSA) is 32.8 Å². The first-order chi connectivity index (χ1) is 41.3. The fourth-order valence-electron chi connectivity index (χ4n) is 13.6. The lowest BCUT2D eigenvalue weighted by molar-refractivity contribution is 0.669. The Bertz CT molecular complexity index is 5020. The second kappa shape index (κ2) is 19.5. The molecule has 0 amide bonds. The van der Waals surface area contributed by atoms with Crippen molar-refractivity contribution in [3.05, 3.63) is 289 Å². The highest BCUT2D eigenvalue weighted by atomic mass is 16.3. The van der Waals surface area contributed by atoms with Gasteiger partial charge in [-0.25, -0.2) is 0 Å². The van der Waals surface area contributed by atoms with Gasteiger partial charge < -0.3 is 18.6 Å². The van der Waals surface area contributed by atoms with Gasteiger partial charge in [0, 0.05) is 65.9 Å². The first-order valence-electron chi connectivity index (χ1n) is 29.0. The van der Waals surface area contributed by atoms with Crippen LogP contribution in [0.25, 0.3) is 120 Å². The van der Waals surface area contributed by atoms with Gasteiger partial charge in [0.05, 0.1) is 22.7 Å². The van der Waals surface area contributed by atoms with E-state index in [0.29, 0.717) is 0 Å². The lowest BCUT2D eigenvalue weighted by Gasteiger charge is -2.33. The Morgan fingerprint density at radius 3 is 1.01 bits per heavy atom. The maximum Gasteiger partial charge on any atom is 0.143 e. The number of hydrogen-bond donors (Lipinski definition) is 0. The number of rotatable bonds is 9. The quantitative estimate of drug-likeness (QED) is 0.135. The Balaban J connectivity index is 0.883. The van der Waals surface area contributed by atoms with Gasteiger partial charge in [-0.05, 0) is 142 Å². The lowest BCUT2D eigenvalue weighted by atomic mass is 9.93. The van der Waals surface area contributed by atoms with Crippen LogP contribution in [0.5, 0.6) is 0 Å². The highest BCUT2D eigenvalue weighted by Gasteiger charge is 2.28. The van der Waals surface area contributed by atoms with E-state index in [0.717, 1.165) is 134 Å². The highest BCUT2D eigenvalue weighted by Crippen LogP contribution is 2.52. The fourth-order valence-corrected chi connectivity index (χ4v) is 13.6. The molecule has 14 aromatic carbocycles. The fraction of sp³-hybridized carbons (Fsp3) is 0.0500. The molecular weight excluding hydrogens is 1020 g/mol. The van der Waals surface area contributed by atoms with Crippen molar-refractivity contribution in [3.63, 3.8) is 0 Å². The van der Waals surface area contributed by atoms with E-state index in [4.69, 9.17) is 8.83 Å². The number of nitrogens with zero attached hydrogens (tertiary/aromatic N) is 2. The Labute approximate surface area is 487 Å². The molecule has 0 atom stereocenters. The summed E-state index contributed by atoms with van der Waals surface area (Å²) in [5.41, 5.74) is 21.4. The average molecular weight is 1080 g/mol. The van der Waals surface area contributed by atoms with Crippen LogP contribution in [0.15, 0.2) is 276 Å². The van der Waals surface area contributed by atoms with Gasteiger partial charge in [-0.3, -0.25) is 0 Å². The minimum absolute atomic E-state index is 0.882. The van der Waals surface area contributed by atoms with Gasteiger partial charge in [0.25, 0.3) is 0 Å². The smallest absolute Gasteiger partial charge is 0.143 e. The zero-order chi connectivity index (χ0) is 56.2. The largest absolute Gasteiger partial charge is 0.455 e. The molecule has 2 heterocycles. The van der Waals surface area contributed by atoms with Crippen LogP contribution in [0.3, 0.4) is 0 Å². The van der Waals surface area contributed by atoms with Crippen molar-refractivity contribution < 1.29 is 8.83 Å². The molecule has 0 bridgehead atoms. The van der Waals surface area contributed by atoms with Gasteiger partial charge >= 0.3 is 0 Å². The number of para-hydroxylation sites is 6. The molecule has 0 unspecified atom stereocenters. The third kappa shape index (κ3) is 7.75. The van der Waals surface area contributed by atoms with Crippen LogP contribution in [0.2, 0.25) is 0 Å². The Hall–Kier alpha value is -10.7. The standard InChI is InChI=1S/C80H56N2O2/c1-49-21-17-33-65(69-37-19-35-67-63-31-13-15-39-75(63)83-79(67)69)77(49)81(73-47-55-23-5-7-25-57(55)59-27-9-11-29-61(59)73)71-43-41-53(45-51(71)3)54-42-44-72(52(4)46-54)82(74-48-56-24-6-8-26-58(56)60-28-10-12-30-62(60)74)78-50(2)22-18-34-66(78)70-38-20-36-68-64-32-14-16-40-76(64)84-80(68)70/h5-48H,1-4H3. The van der Waals surface area contributed by atoms with E-state index >= 15 is 0 Å². The number of hydrogen-bond acceptors (Lipinski definition) is 4. The van der Waals surface area contributed by atoms with E-state index in [-0.39, 0.29) is 0 Å². The van der Waals surface area contributed by atoms with Gasteiger partial charge in [-0.15, -0.1) is 0 Å². The molecule has 0 aliphatic carbocycles. The molecule has 0 N–H and O–H groups in total. The van der Waals surface area contributed by atoms with E-state index < -0.39 is 0 Å². The molecule has 0 aliphatic heterocycles. The van der Waals surface area contributed by atoms with Crippen LogP contribution in [-0.2, 0) is 0 Å². The second-order valence-electron chi connectivity index (χ2n) is 22.5. The van der Waals surface area contributed by atoms with Crippen molar-refractivity contribution in [2.75, 3.05) is 9.80 Å². The summed E-state index contributed by atoms with van der Waals surface area (Å²) >= 11 is 0. The molecule has 0 saturated carbocycles. The molecule has 0 radical (unpaired) electrons. The van der Waals surface area contributed by atoms with Crippen molar-refractivity contribution in [3.8, 4) is 33.4 Å². The van der Waals surface area contributed by atoms with Gasteiger partial charge in [-0.1, -0.05) is 218 Å². The van der Waals surface area contributed by atoms with Crippen LogP contribution in [0, 0.1) is 27.7 Å². The first kappa shape index (κ1) is 49.2. The third-order valence-corrected chi connectivity index (χ3v) is 17.5. The molecule has 16 aromatic rings. The molecule has 0 fully saturated rings. The molecule has 4 heteroatoms. The molecule has 398 valence electrons. The molecule has 0 aliphatic rings. The normalized spacial score (nSPS) is 11.8. The number of fused-ring (bicyclic) bond motifs is 12. The van der Waals surface area contributed by atoms with Crippen LogP contribution >= 0.6 is 0 Å². The van der Waals surface area contributed by atoms with Crippen molar-refractivity contribution in [2.24, 2.45) is 0 Å². The summed E-state index contributed by atoms with van der Waals surface area (Å²) in [7, 11) is 0. The van der Waals surface area contributed by atoms with E-state index in [1.807, 2.05) is 12.1 Å². The number of anilines is 6. The summed E-state index contributed by atoms with van der Waals surface area (Å²) in [6, 6.07) is 97.3. The average Bonchev–Trinajstić information content (AvgIpc) is 1.31. The summed E-state index contributed by atoms with van der Waals surface area (Å²) in [6.07, 6.45) is 0. The van der Waals surface area contributed by atoms with Gasteiger partial charge in [0.1, 0.15) is 22.3 Å². The third-order valence-electron chi connectivity index (χ3n) is 17.5. The molecule has 2 aromatic heterocycles. The van der Waals surface area contributed by atoms with Crippen LogP contribution in [-0.4, -0.2) is 0 Å². The van der Waals surface area contributed by atoms with E-state index in [2.05, 4.69) is 292 Å². The second-order valence-corrected chi connectivity index (χ2v) is 22.5. The Morgan fingerprint density at radius 2 is 0.583 bits per heavy atom. The maximum atomic E-state index is 6.79. The predicted octanol–water partition coefficient (Wildman–Crippen LogP) is 23.3. The number of aryl methyl sites for hydroxylation is 4. The highest BCUT2D eigenvalue weighted by molar-refractivity contribution is 6.18. The lowest BCUT2D eigenvalue weighted by Crippen LogP contribution is -2.15. The van der Waals surface area contributed by atoms with E-state index in [9.17, 15) is 0 Å². The predicted molar refractivity (Wildman–Crippen MR) is 356 cm³/mol. The Kier molecular flexibility index (Phi) is 11.4. The van der Waals surface area contributed by atoms with Crippen molar-refractivity contribution in [1.82, 2.24) is 0 Å². The molecule has 0 saturated heterocycles. The minimum atomic E-state index is 0.882. The summed E-state index contributed by atoms with van der Waals surface area (Å²) in [6.45, 7) is 9.02. The van der Waals surface area contributed by atoms with Crippen molar-refractivity contribution in [1.29, 1.82) is 0 Å². The molecule has 16 rings (SSSR count). The first-order valence-corrected chi connectivity index (χ1v) is 29.0. The van der Waals surface area contributed by atoms with Gasteiger partial charge in [0.2, 0.25) is 0 Å². The maximum absolute atomic E-state index is 6.79. The Morgan fingerprint density at radius 1 is 0.238 bits per heavy atom. The SMILES string of the molecule is Cc1cc(-c2ccc(N(c3c(C)cccc3-c3cccc4c3oc3ccccc34)c3cc4ccccc4c4ccccc34)c(C)c2)ccc1N(c1c(C)cccc1-c1cccc2c1oc1ccccc12)c1cc2ccccc2c2ccccc12. The van der Waals surface area contributed by atoms with Crippen LogP contribution in [0.4, 0.5) is 34.1 Å². The molecule has 84 heavy (non-hydrogen) atoms. The van der Waals surface area contributed by atoms with Crippen LogP contribution in [0.1, 0.15) is 22.3 Å². The molecule has 0 spiro atoms. The monoisotopic (exact) mass is 1080 g/mol. The van der Waals surface area contributed by atoms with Gasteiger partial charge in [0.15, 0.2) is 0 Å². The summed E-state index contributed by atoms with van der Waals surface area (Å²) in [5.74, 6) is 0. The van der Waals surface area contributed by atoms with Crippen LogP contribution < -0.4 is 9.80 Å². The molecular formula is C80H56N2O2. The summed E-state index contributed by atoms with van der Waals surface area (Å²) in [4.78, 5) is 5.04. The minimum Gasteiger partial charge on any atom is -0.455 e. The van der Waals surface area contributed by atoms with Gasteiger partial charge in [-0.2, -0.15) is 0 Å². The van der Waals surface area contributed by atoms with E-state index in [1.54, 1.807) is 0 Å². The zero-order valence-electron chi connectivity index (χ0n) is 47.1. The van der Waals surface area contributed by atoms with Crippen molar-refractivity contribution in [2.45, 2.75) is 27.7 Å². The molecule has 4 nitrogen and oxygen atoms in total. The van der Waals surface area contributed by atoms with Crippen molar-refractivity contribution >= 4 is 121 Å². The summed E-state index contributed by atoms with van der Waals surface area (Å²) in [5, 5.41) is 14.1. The summed E-state index contributed by atoms with van der Waals surface area (Å²) < 4.78 is 13.6.